The van der Waals surface area contributed by atoms with Crippen molar-refractivity contribution in [2.24, 2.45) is 0 Å². The second kappa shape index (κ2) is 7.78. The topological polar surface area (TPSA) is 63.7 Å². The molecule has 0 bridgehead atoms. The van der Waals surface area contributed by atoms with Crippen LogP contribution >= 0.6 is 38.2 Å². The summed E-state index contributed by atoms with van der Waals surface area (Å²) in [6.07, 6.45) is 0. The van der Waals surface area contributed by atoms with Crippen LogP contribution in [-0.2, 0) is 13.8 Å². The van der Waals surface area contributed by atoms with Gasteiger partial charge in [-0.3, -0.25) is 4.79 Å². The van der Waals surface area contributed by atoms with E-state index in [0.29, 0.717) is 19.7 Å². The Bertz CT molecular complexity index is 636. The predicted octanol–water partition coefficient (Wildman–Crippen LogP) is 3.14. The van der Waals surface area contributed by atoms with Gasteiger partial charge in [0.2, 0.25) is 0 Å². The van der Waals surface area contributed by atoms with Gasteiger partial charge in [0.1, 0.15) is 0 Å². The number of nitrogens with zero attached hydrogens (tertiary/aromatic N) is 1. The van der Waals surface area contributed by atoms with Crippen molar-refractivity contribution in [1.82, 2.24) is 4.90 Å². The average molecular weight is 419 g/mol. The number of hydrogen-bond donors (Lipinski definition) is 0. The molecule has 0 aliphatic carbocycles. The second-order valence-electron chi connectivity index (χ2n) is 4.09. The summed E-state index contributed by atoms with van der Waals surface area (Å²) in [6.45, 7) is 3.04. The normalized spacial score (nSPS) is 11.5. The number of ether oxygens (including phenoxy) is 1. The van der Waals surface area contributed by atoms with E-state index in [1.807, 2.05) is 6.92 Å². The lowest BCUT2D eigenvalue weighted by Gasteiger charge is -2.21. The molecule has 1 amide bonds. The van der Waals surface area contributed by atoms with Crippen LogP contribution in [0.25, 0.3) is 0 Å². The Morgan fingerprint density at radius 3 is 2.52 bits per heavy atom. The maximum atomic E-state index is 12.4. The molecule has 0 aliphatic heterocycles. The first-order valence-corrected chi connectivity index (χ1v) is 9.42. The molecule has 0 aromatic heterocycles. The lowest BCUT2D eigenvalue weighted by molar-refractivity contribution is 0.0706. The molecule has 0 atom stereocenters. The van der Waals surface area contributed by atoms with Crippen molar-refractivity contribution in [1.29, 1.82) is 0 Å². The Labute approximate surface area is 141 Å². The minimum Gasteiger partial charge on any atom is -0.383 e. The highest BCUT2D eigenvalue weighted by atomic mass is 79.9. The number of rotatable bonds is 6. The maximum Gasteiger partial charge on any atom is 0.262 e. The van der Waals surface area contributed by atoms with Gasteiger partial charge < -0.3 is 9.64 Å². The van der Waals surface area contributed by atoms with Gasteiger partial charge in [0, 0.05) is 36.4 Å². The number of halogens is 3. The quantitative estimate of drug-likeness (QED) is 0.665. The summed E-state index contributed by atoms with van der Waals surface area (Å²) in [5.74, 6) is -0.342. The molecule has 0 heterocycles. The molecule has 1 aromatic rings. The Hall–Kier alpha value is -0.340. The molecule has 0 N–H and O–H groups in total. The number of likely N-dealkylation sites (N-methyl/N-ethyl adjacent to an activating group) is 1. The van der Waals surface area contributed by atoms with Crippen molar-refractivity contribution in [2.75, 3.05) is 26.8 Å². The maximum absolute atomic E-state index is 12.4. The van der Waals surface area contributed by atoms with Gasteiger partial charge in [-0.15, -0.1) is 0 Å². The third-order valence-corrected chi connectivity index (χ3v) is 5.73. The number of carbonyl (C=O) groups excluding carboxylic acids is 1. The second-order valence-corrected chi connectivity index (χ2v) is 7.82. The van der Waals surface area contributed by atoms with E-state index in [4.69, 9.17) is 27.0 Å². The number of hydrogen-bond acceptors (Lipinski definition) is 4. The molecule has 0 saturated carbocycles. The Kier molecular flexibility index (Phi) is 6.93. The minimum absolute atomic E-state index is 0.0999. The lowest BCUT2D eigenvalue weighted by Crippen LogP contribution is -2.33. The number of methoxy groups -OCH3 is 1. The number of amides is 1. The van der Waals surface area contributed by atoms with Gasteiger partial charge in [0.15, 0.2) is 0 Å². The van der Waals surface area contributed by atoms with Crippen LogP contribution in [0.2, 0.25) is 5.02 Å². The third-order valence-electron chi connectivity index (χ3n) is 2.74. The van der Waals surface area contributed by atoms with Crippen LogP contribution in [0.4, 0.5) is 0 Å². The smallest absolute Gasteiger partial charge is 0.262 e. The molecular weight excluding hydrogens is 405 g/mol. The van der Waals surface area contributed by atoms with E-state index < -0.39 is 9.05 Å². The van der Waals surface area contributed by atoms with Gasteiger partial charge in [-0.2, -0.15) is 0 Å². The zero-order chi connectivity index (χ0) is 16.2. The summed E-state index contributed by atoms with van der Waals surface area (Å²) in [5.41, 5.74) is 0.153. The largest absolute Gasteiger partial charge is 0.383 e. The van der Waals surface area contributed by atoms with E-state index in [2.05, 4.69) is 15.9 Å². The molecule has 118 valence electrons. The summed E-state index contributed by atoms with van der Waals surface area (Å²) in [4.78, 5) is 13.7. The number of benzene rings is 1. The van der Waals surface area contributed by atoms with Gasteiger partial charge in [-0.05, 0) is 35.0 Å². The molecule has 21 heavy (non-hydrogen) atoms. The highest BCUT2D eigenvalue weighted by Crippen LogP contribution is 2.33. The molecule has 0 aliphatic rings. The van der Waals surface area contributed by atoms with Crippen molar-refractivity contribution < 1.29 is 17.9 Å². The van der Waals surface area contributed by atoms with Gasteiger partial charge in [-0.1, -0.05) is 11.6 Å². The monoisotopic (exact) mass is 417 g/mol. The van der Waals surface area contributed by atoms with Crippen molar-refractivity contribution in [3.63, 3.8) is 0 Å². The Morgan fingerprint density at radius 1 is 1.43 bits per heavy atom. The third kappa shape index (κ3) is 4.82. The van der Waals surface area contributed by atoms with Crippen LogP contribution < -0.4 is 0 Å². The number of carbonyl (C=O) groups is 1. The zero-order valence-electron chi connectivity index (χ0n) is 11.4. The van der Waals surface area contributed by atoms with Crippen molar-refractivity contribution >= 4 is 53.2 Å². The van der Waals surface area contributed by atoms with Crippen LogP contribution in [0.3, 0.4) is 0 Å². The SMILES string of the molecule is CCN(CCOC)C(=O)c1cc(Cl)c(Br)c(S(=O)(=O)Cl)c1. The summed E-state index contributed by atoms with van der Waals surface area (Å²) in [5, 5.41) is 0.0999. The highest BCUT2D eigenvalue weighted by Gasteiger charge is 2.22. The molecule has 1 rings (SSSR count). The molecular formula is C12H14BrCl2NO4S. The van der Waals surface area contributed by atoms with Crippen molar-refractivity contribution in [3.05, 3.63) is 27.2 Å². The van der Waals surface area contributed by atoms with E-state index in [-0.39, 0.29) is 25.9 Å². The fourth-order valence-corrected chi connectivity index (χ4v) is 4.03. The summed E-state index contributed by atoms with van der Waals surface area (Å²) < 4.78 is 28.1. The van der Waals surface area contributed by atoms with Crippen LogP contribution in [0.15, 0.2) is 21.5 Å². The summed E-state index contributed by atoms with van der Waals surface area (Å²) in [7, 11) is 2.87. The highest BCUT2D eigenvalue weighted by molar-refractivity contribution is 9.10. The Morgan fingerprint density at radius 2 is 2.05 bits per heavy atom. The van der Waals surface area contributed by atoms with Gasteiger partial charge in [-0.25, -0.2) is 8.42 Å². The summed E-state index contributed by atoms with van der Waals surface area (Å²) >= 11 is 9.01. The standard InChI is InChI=1S/C12H14BrCl2NO4S/c1-3-16(4-5-20-2)12(17)8-6-9(14)11(13)10(7-8)21(15,18)19/h6-7H,3-5H2,1-2H3. The first-order chi connectivity index (χ1) is 9.72. The summed E-state index contributed by atoms with van der Waals surface area (Å²) in [6, 6.07) is 2.60. The van der Waals surface area contributed by atoms with Gasteiger partial charge >= 0.3 is 0 Å². The first-order valence-electron chi connectivity index (χ1n) is 5.94. The fraction of sp³-hybridized carbons (Fsp3) is 0.417. The van der Waals surface area contributed by atoms with Crippen molar-refractivity contribution in [3.8, 4) is 0 Å². The van der Waals surface area contributed by atoms with Crippen LogP contribution in [0.5, 0.6) is 0 Å². The molecule has 5 nitrogen and oxygen atoms in total. The molecule has 0 fully saturated rings. The van der Waals surface area contributed by atoms with Gasteiger partial charge in [0.05, 0.1) is 21.0 Å². The van der Waals surface area contributed by atoms with Crippen LogP contribution in [0, 0.1) is 0 Å². The van der Waals surface area contributed by atoms with Gasteiger partial charge in [0.25, 0.3) is 15.0 Å². The molecule has 0 saturated heterocycles. The molecule has 0 radical (unpaired) electrons. The van der Waals surface area contributed by atoms with E-state index >= 15 is 0 Å². The van der Waals surface area contributed by atoms with E-state index in [1.54, 1.807) is 0 Å². The van der Waals surface area contributed by atoms with E-state index in [9.17, 15) is 13.2 Å². The van der Waals surface area contributed by atoms with E-state index in [0.717, 1.165) is 0 Å². The minimum atomic E-state index is -4.02. The lowest BCUT2D eigenvalue weighted by atomic mass is 10.2. The zero-order valence-corrected chi connectivity index (χ0v) is 15.3. The average Bonchev–Trinajstić information content (AvgIpc) is 2.40. The molecule has 1 aromatic carbocycles. The van der Waals surface area contributed by atoms with Crippen LogP contribution in [0.1, 0.15) is 17.3 Å². The predicted molar refractivity (Wildman–Crippen MR) is 85.6 cm³/mol. The fourth-order valence-electron chi connectivity index (χ4n) is 1.65. The Balaban J connectivity index is 3.25. The molecule has 0 spiro atoms. The van der Waals surface area contributed by atoms with Crippen molar-refractivity contribution in [2.45, 2.75) is 11.8 Å². The molecule has 9 heteroatoms. The first kappa shape index (κ1) is 18.7. The van der Waals surface area contributed by atoms with E-state index in [1.165, 1.54) is 24.1 Å². The molecule has 0 unspecified atom stereocenters. The van der Waals surface area contributed by atoms with Crippen LogP contribution in [-0.4, -0.2) is 46.0 Å².